The summed E-state index contributed by atoms with van der Waals surface area (Å²) in [5.41, 5.74) is 1.01. The lowest BCUT2D eigenvalue weighted by molar-refractivity contribution is 0.0605. The van der Waals surface area contributed by atoms with E-state index in [-0.39, 0.29) is 15.4 Å². The first-order valence-electron chi connectivity index (χ1n) is 7.28. The molecule has 0 aliphatic rings. The van der Waals surface area contributed by atoms with E-state index in [2.05, 4.69) is 10.1 Å². The van der Waals surface area contributed by atoms with Crippen molar-refractivity contribution < 1.29 is 19.1 Å². The van der Waals surface area contributed by atoms with E-state index >= 15 is 0 Å². The minimum Gasteiger partial charge on any atom is -0.492 e. The molecule has 0 saturated carbocycles. The van der Waals surface area contributed by atoms with E-state index in [1.165, 1.54) is 13.2 Å². The predicted molar refractivity (Wildman–Crippen MR) is 95.7 cm³/mol. The second-order valence-electron chi connectivity index (χ2n) is 4.90. The van der Waals surface area contributed by atoms with Crippen LogP contribution in [0.1, 0.15) is 38.1 Å². The van der Waals surface area contributed by atoms with Crippen molar-refractivity contribution in [2.45, 2.75) is 13.8 Å². The number of methoxy groups -OCH3 is 1. The number of nitrogens with zero attached hydrogens (tertiary/aromatic N) is 1. The molecule has 0 unspecified atom stereocenters. The number of halogens is 1. The van der Waals surface area contributed by atoms with Gasteiger partial charge in [0, 0.05) is 5.56 Å². The molecule has 0 bridgehead atoms. The van der Waals surface area contributed by atoms with Crippen molar-refractivity contribution in [3.8, 4) is 11.8 Å². The van der Waals surface area contributed by atoms with E-state index < -0.39 is 11.9 Å². The molecule has 1 amide bonds. The smallest absolute Gasteiger partial charge is 0.348 e. The largest absolute Gasteiger partial charge is 0.492 e. The van der Waals surface area contributed by atoms with Crippen LogP contribution in [0.3, 0.4) is 0 Å². The van der Waals surface area contributed by atoms with E-state index in [4.69, 9.17) is 16.3 Å². The molecule has 6 nitrogen and oxygen atoms in total. The zero-order valence-corrected chi connectivity index (χ0v) is 15.4. The molecule has 0 atom stereocenters. The third-order valence-corrected chi connectivity index (χ3v) is 4.83. The van der Waals surface area contributed by atoms with E-state index in [0.717, 1.165) is 11.3 Å². The van der Waals surface area contributed by atoms with Crippen LogP contribution in [0.5, 0.6) is 5.75 Å². The van der Waals surface area contributed by atoms with Crippen LogP contribution in [0.25, 0.3) is 0 Å². The predicted octanol–water partition coefficient (Wildman–Crippen LogP) is 4.02. The first kappa shape index (κ1) is 18.8. The van der Waals surface area contributed by atoms with Gasteiger partial charge >= 0.3 is 5.97 Å². The van der Waals surface area contributed by atoms with Crippen LogP contribution in [0.4, 0.5) is 5.00 Å². The highest BCUT2D eigenvalue weighted by molar-refractivity contribution is 7.18. The lowest BCUT2D eigenvalue weighted by atomic mass is 10.1. The van der Waals surface area contributed by atoms with Gasteiger partial charge in [0.2, 0.25) is 0 Å². The molecule has 0 aliphatic heterocycles. The Morgan fingerprint density at radius 2 is 2.12 bits per heavy atom. The number of nitriles is 1. The Labute approximate surface area is 153 Å². The topological polar surface area (TPSA) is 88.4 Å². The maximum absolute atomic E-state index is 12.4. The van der Waals surface area contributed by atoms with Gasteiger partial charge in [-0.2, -0.15) is 5.26 Å². The van der Waals surface area contributed by atoms with Gasteiger partial charge in [-0.05, 0) is 37.6 Å². The third kappa shape index (κ3) is 3.92. The Morgan fingerprint density at radius 3 is 2.68 bits per heavy atom. The summed E-state index contributed by atoms with van der Waals surface area (Å²) in [7, 11) is 1.26. The monoisotopic (exact) mass is 378 g/mol. The van der Waals surface area contributed by atoms with E-state index in [0.29, 0.717) is 28.5 Å². The number of amides is 1. The molecule has 2 rings (SSSR count). The van der Waals surface area contributed by atoms with Crippen molar-refractivity contribution in [1.82, 2.24) is 0 Å². The van der Waals surface area contributed by atoms with Crippen LogP contribution in [-0.2, 0) is 4.74 Å². The summed E-state index contributed by atoms with van der Waals surface area (Å²) in [6.07, 6.45) is 0. The summed E-state index contributed by atoms with van der Waals surface area (Å²) in [5.74, 6) is -0.513. The molecule has 8 heteroatoms. The van der Waals surface area contributed by atoms with Gasteiger partial charge in [0.1, 0.15) is 21.7 Å². The van der Waals surface area contributed by atoms with Gasteiger partial charge in [-0.15, -0.1) is 11.3 Å². The SMILES string of the molecule is CCOc1ccc(C(=O)Nc2sc(C(=O)OC)c(C)c2C#N)cc1Cl. The summed E-state index contributed by atoms with van der Waals surface area (Å²) in [5, 5.41) is 12.6. The number of thiophene rings is 1. The van der Waals surface area contributed by atoms with Crippen molar-refractivity contribution in [2.75, 3.05) is 19.0 Å². The average Bonchev–Trinajstić information content (AvgIpc) is 2.91. The maximum atomic E-state index is 12.4. The molecule has 130 valence electrons. The normalized spacial score (nSPS) is 10.0. The maximum Gasteiger partial charge on any atom is 0.348 e. The van der Waals surface area contributed by atoms with Crippen LogP contribution in [-0.4, -0.2) is 25.6 Å². The lowest BCUT2D eigenvalue weighted by Crippen LogP contribution is -2.11. The highest BCUT2D eigenvalue weighted by Crippen LogP contribution is 2.33. The molecule has 0 saturated heterocycles. The number of carbonyl (C=O) groups excluding carboxylic acids is 2. The van der Waals surface area contributed by atoms with Crippen LogP contribution in [0, 0.1) is 18.3 Å². The summed E-state index contributed by atoms with van der Waals surface area (Å²) in [4.78, 5) is 24.5. The van der Waals surface area contributed by atoms with Gasteiger partial charge in [0.05, 0.1) is 24.3 Å². The minimum atomic E-state index is -0.552. The van der Waals surface area contributed by atoms with Crippen molar-refractivity contribution in [2.24, 2.45) is 0 Å². The van der Waals surface area contributed by atoms with Crippen LogP contribution in [0.15, 0.2) is 18.2 Å². The Balaban J connectivity index is 2.31. The van der Waals surface area contributed by atoms with Crippen LogP contribution >= 0.6 is 22.9 Å². The molecular weight excluding hydrogens is 364 g/mol. The fourth-order valence-corrected chi connectivity index (χ4v) is 3.42. The van der Waals surface area contributed by atoms with Gasteiger partial charge in [-0.3, -0.25) is 4.79 Å². The fraction of sp³-hybridized carbons (Fsp3) is 0.235. The van der Waals surface area contributed by atoms with Crippen LogP contribution in [0.2, 0.25) is 5.02 Å². The van der Waals surface area contributed by atoms with Crippen molar-refractivity contribution in [3.05, 3.63) is 44.8 Å². The number of hydrogen-bond acceptors (Lipinski definition) is 6. The quantitative estimate of drug-likeness (QED) is 0.794. The Morgan fingerprint density at radius 1 is 1.40 bits per heavy atom. The van der Waals surface area contributed by atoms with E-state index in [9.17, 15) is 14.9 Å². The Kier molecular flexibility index (Phi) is 6.02. The number of benzene rings is 1. The van der Waals surface area contributed by atoms with Crippen molar-refractivity contribution >= 4 is 39.8 Å². The molecule has 1 aromatic carbocycles. The summed E-state index contributed by atoms with van der Waals surface area (Å²) >= 11 is 7.08. The molecule has 1 heterocycles. The first-order chi connectivity index (χ1) is 11.9. The first-order valence-corrected chi connectivity index (χ1v) is 8.47. The van der Waals surface area contributed by atoms with E-state index in [1.807, 2.05) is 13.0 Å². The molecule has 2 aromatic rings. The number of hydrogen-bond donors (Lipinski definition) is 1. The number of ether oxygens (including phenoxy) is 2. The number of nitrogens with one attached hydrogen (secondary N) is 1. The third-order valence-electron chi connectivity index (χ3n) is 3.35. The lowest BCUT2D eigenvalue weighted by Gasteiger charge is -2.08. The summed E-state index contributed by atoms with van der Waals surface area (Å²) in [6, 6.07) is 6.65. The van der Waals surface area contributed by atoms with E-state index in [1.54, 1.807) is 19.1 Å². The molecule has 1 N–H and O–H groups in total. The molecule has 25 heavy (non-hydrogen) atoms. The molecule has 0 aliphatic carbocycles. The molecule has 0 fully saturated rings. The number of rotatable bonds is 5. The van der Waals surface area contributed by atoms with Gasteiger partial charge < -0.3 is 14.8 Å². The zero-order chi connectivity index (χ0) is 18.6. The standard InChI is InChI=1S/C17H15ClN2O4S/c1-4-24-13-6-5-10(7-12(13)18)15(21)20-16-11(8-19)9(2)14(25-16)17(22)23-3/h5-7H,4H2,1-3H3,(H,20,21). The van der Waals surface area contributed by atoms with Gasteiger partial charge in [0.25, 0.3) is 5.91 Å². The molecular formula is C17H15ClN2O4S. The molecule has 1 aromatic heterocycles. The Bertz CT molecular complexity index is 870. The fourth-order valence-electron chi connectivity index (χ4n) is 2.11. The minimum absolute atomic E-state index is 0.232. The summed E-state index contributed by atoms with van der Waals surface area (Å²) in [6.45, 7) is 3.92. The molecule has 0 radical (unpaired) electrons. The number of anilines is 1. The van der Waals surface area contributed by atoms with Gasteiger partial charge in [-0.1, -0.05) is 11.6 Å². The second-order valence-corrected chi connectivity index (χ2v) is 6.32. The van der Waals surface area contributed by atoms with Crippen molar-refractivity contribution in [3.63, 3.8) is 0 Å². The Hall–Kier alpha value is -2.56. The highest BCUT2D eigenvalue weighted by atomic mass is 35.5. The van der Waals surface area contributed by atoms with Gasteiger partial charge in [0.15, 0.2) is 0 Å². The molecule has 0 spiro atoms. The summed E-state index contributed by atoms with van der Waals surface area (Å²) < 4.78 is 10.0. The second kappa shape index (κ2) is 8.01. The average molecular weight is 379 g/mol. The highest BCUT2D eigenvalue weighted by Gasteiger charge is 2.22. The van der Waals surface area contributed by atoms with Crippen LogP contribution < -0.4 is 10.1 Å². The number of esters is 1. The van der Waals surface area contributed by atoms with Crippen molar-refractivity contribution in [1.29, 1.82) is 5.26 Å². The van der Waals surface area contributed by atoms with Gasteiger partial charge in [-0.25, -0.2) is 4.79 Å². The number of carbonyl (C=O) groups is 2. The zero-order valence-electron chi connectivity index (χ0n) is 13.8.